The highest BCUT2D eigenvalue weighted by atomic mass is 16.6. The molecular weight excluding hydrogens is 264 g/mol. The maximum Gasteiger partial charge on any atom is 0.308 e. The van der Waals surface area contributed by atoms with E-state index in [1.54, 1.807) is 24.3 Å². The lowest BCUT2D eigenvalue weighted by molar-refractivity contribution is -0.146. The molecule has 1 fully saturated rings. The predicted octanol–water partition coefficient (Wildman–Crippen LogP) is -0.228. The molecule has 5 atom stereocenters. The van der Waals surface area contributed by atoms with Crippen molar-refractivity contribution in [1.82, 2.24) is 0 Å². The maximum atomic E-state index is 11.1. The van der Waals surface area contributed by atoms with E-state index < -0.39 is 36.5 Å². The highest BCUT2D eigenvalue weighted by Gasteiger charge is 2.46. The van der Waals surface area contributed by atoms with Crippen LogP contribution >= 0.6 is 0 Å². The van der Waals surface area contributed by atoms with Gasteiger partial charge in [-0.1, -0.05) is 30.3 Å². The van der Waals surface area contributed by atoms with Crippen molar-refractivity contribution in [2.45, 2.75) is 36.9 Å². The van der Waals surface area contributed by atoms with Crippen molar-refractivity contribution in [1.29, 1.82) is 0 Å². The van der Waals surface area contributed by atoms with E-state index in [1.165, 1.54) is 7.11 Å². The van der Waals surface area contributed by atoms with Crippen LogP contribution in [0.25, 0.3) is 0 Å². The topological polar surface area (TPSA) is 96.2 Å². The Hall–Kier alpha value is -1.47. The van der Waals surface area contributed by atoms with Crippen molar-refractivity contribution >= 4 is 5.97 Å². The molecule has 0 saturated carbocycles. The molecule has 0 aromatic heterocycles. The second-order valence-electron chi connectivity index (χ2n) is 4.76. The van der Waals surface area contributed by atoms with Crippen LogP contribution in [-0.4, -0.2) is 52.8 Å². The van der Waals surface area contributed by atoms with Gasteiger partial charge < -0.3 is 24.8 Å². The second kappa shape index (κ2) is 6.32. The summed E-state index contributed by atoms with van der Waals surface area (Å²) in [6.45, 7) is 0. The van der Waals surface area contributed by atoms with E-state index in [1.807, 2.05) is 6.07 Å². The van der Waals surface area contributed by atoms with Crippen molar-refractivity contribution < 1.29 is 29.6 Å². The standard InChI is InChI=1S/C14H18O6/c1-19-10(16)7-9(15)14-12(18)11(17)13(20-14)8-5-3-2-4-6-8/h2-6,9,11-15,17-18H,7H2,1H3/t9-,11+,12-,13+,14+/m1/s1. The molecule has 0 radical (unpaired) electrons. The summed E-state index contributed by atoms with van der Waals surface area (Å²) in [6, 6.07) is 8.92. The van der Waals surface area contributed by atoms with Crippen molar-refractivity contribution in [3.05, 3.63) is 35.9 Å². The summed E-state index contributed by atoms with van der Waals surface area (Å²) in [5.74, 6) is -0.606. The molecule has 1 aliphatic rings. The summed E-state index contributed by atoms with van der Waals surface area (Å²) in [7, 11) is 1.21. The van der Waals surface area contributed by atoms with Gasteiger partial charge in [0.15, 0.2) is 0 Å². The van der Waals surface area contributed by atoms with Crippen molar-refractivity contribution in [3.63, 3.8) is 0 Å². The molecule has 2 rings (SSSR count). The first-order valence-corrected chi connectivity index (χ1v) is 6.36. The van der Waals surface area contributed by atoms with Gasteiger partial charge >= 0.3 is 5.97 Å². The number of esters is 1. The Balaban J connectivity index is 2.09. The van der Waals surface area contributed by atoms with Crippen LogP contribution in [-0.2, 0) is 14.3 Å². The van der Waals surface area contributed by atoms with Gasteiger partial charge in [0.2, 0.25) is 0 Å². The number of rotatable bonds is 4. The number of carbonyl (C=O) groups excluding carboxylic acids is 1. The van der Waals surface area contributed by atoms with Crippen LogP contribution in [0.5, 0.6) is 0 Å². The van der Waals surface area contributed by atoms with Crippen LogP contribution in [0, 0.1) is 0 Å². The van der Waals surface area contributed by atoms with Gasteiger partial charge in [-0.3, -0.25) is 4.79 Å². The number of hydrogen-bond acceptors (Lipinski definition) is 6. The summed E-state index contributed by atoms with van der Waals surface area (Å²) >= 11 is 0. The molecule has 1 aromatic rings. The molecule has 0 unspecified atom stereocenters. The quantitative estimate of drug-likeness (QED) is 0.660. The first-order chi connectivity index (χ1) is 9.54. The summed E-state index contributed by atoms with van der Waals surface area (Å²) in [4.78, 5) is 11.1. The van der Waals surface area contributed by atoms with Gasteiger partial charge in [0.1, 0.15) is 24.4 Å². The number of aliphatic hydroxyl groups excluding tert-OH is 3. The molecule has 1 aliphatic heterocycles. The lowest BCUT2D eigenvalue weighted by Crippen LogP contribution is -2.39. The molecule has 3 N–H and O–H groups in total. The van der Waals surface area contributed by atoms with Gasteiger partial charge in [0.25, 0.3) is 0 Å². The van der Waals surface area contributed by atoms with Gasteiger partial charge in [-0.05, 0) is 5.56 Å². The van der Waals surface area contributed by atoms with Crippen LogP contribution in [0.4, 0.5) is 0 Å². The number of methoxy groups -OCH3 is 1. The van der Waals surface area contributed by atoms with Gasteiger partial charge in [-0.15, -0.1) is 0 Å². The van der Waals surface area contributed by atoms with Gasteiger partial charge in [0, 0.05) is 0 Å². The van der Waals surface area contributed by atoms with Crippen LogP contribution in [0.1, 0.15) is 18.1 Å². The highest BCUT2D eigenvalue weighted by molar-refractivity contribution is 5.69. The van der Waals surface area contributed by atoms with Gasteiger partial charge in [0.05, 0.1) is 19.6 Å². The molecule has 0 aliphatic carbocycles. The number of aliphatic hydroxyl groups is 3. The molecule has 0 amide bonds. The number of benzene rings is 1. The molecule has 1 heterocycles. The SMILES string of the molecule is COC(=O)C[C@@H](O)[C@@H]1O[C@@H](c2ccccc2)[C@@H](O)[C@H]1O. The minimum atomic E-state index is -1.26. The van der Waals surface area contributed by atoms with Crippen molar-refractivity contribution in [2.75, 3.05) is 7.11 Å². The zero-order valence-corrected chi connectivity index (χ0v) is 11.0. The zero-order chi connectivity index (χ0) is 14.7. The average molecular weight is 282 g/mol. The minimum absolute atomic E-state index is 0.299. The third-order valence-electron chi connectivity index (χ3n) is 3.41. The largest absolute Gasteiger partial charge is 0.469 e. The van der Waals surface area contributed by atoms with E-state index in [9.17, 15) is 20.1 Å². The fourth-order valence-corrected chi connectivity index (χ4v) is 2.31. The fourth-order valence-electron chi connectivity index (χ4n) is 2.31. The average Bonchev–Trinajstić information content (AvgIpc) is 2.76. The summed E-state index contributed by atoms with van der Waals surface area (Å²) in [5, 5.41) is 29.9. The van der Waals surface area contributed by atoms with Gasteiger partial charge in [-0.2, -0.15) is 0 Å². The van der Waals surface area contributed by atoms with Crippen LogP contribution in [0.15, 0.2) is 30.3 Å². The minimum Gasteiger partial charge on any atom is -0.469 e. The lowest BCUT2D eigenvalue weighted by atomic mass is 9.99. The Labute approximate surface area is 116 Å². The normalized spacial score (nSPS) is 31.0. The van der Waals surface area contributed by atoms with Crippen LogP contribution in [0.3, 0.4) is 0 Å². The Morgan fingerprint density at radius 2 is 1.95 bits per heavy atom. The fraction of sp³-hybridized carbons (Fsp3) is 0.500. The Morgan fingerprint density at radius 3 is 2.55 bits per heavy atom. The van der Waals surface area contributed by atoms with E-state index in [4.69, 9.17) is 4.74 Å². The molecular formula is C14H18O6. The Kier molecular flexibility index (Phi) is 4.72. The zero-order valence-electron chi connectivity index (χ0n) is 11.0. The van der Waals surface area contributed by atoms with Crippen LogP contribution in [0.2, 0.25) is 0 Å². The molecule has 20 heavy (non-hydrogen) atoms. The summed E-state index contributed by atoms with van der Waals surface area (Å²) < 4.78 is 9.98. The van der Waals surface area contributed by atoms with Crippen molar-refractivity contribution in [3.8, 4) is 0 Å². The molecule has 110 valence electrons. The molecule has 6 heteroatoms. The molecule has 1 aromatic carbocycles. The van der Waals surface area contributed by atoms with Gasteiger partial charge in [-0.25, -0.2) is 0 Å². The van der Waals surface area contributed by atoms with E-state index in [2.05, 4.69) is 4.74 Å². The second-order valence-corrected chi connectivity index (χ2v) is 4.76. The van der Waals surface area contributed by atoms with Crippen LogP contribution < -0.4 is 0 Å². The van der Waals surface area contributed by atoms with Crippen molar-refractivity contribution in [2.24, 2.45) is 0 Å². The Morgan fingerprint density at radius 1 is 1.30 bits per heavy atom. The predicted molar refractivity (Wildman–Crippen MR) is 68.7 cm³/mol. The smallest absolute Gasteiger partial charge is 0.308 e. The number of ether oxygens (including phenoxy) is 2. The monoisotopic (exact) mass is 282 g/mol. The van der Waals surface area contributed by atoms with E-state index >= 15 is 0 Å². The molecule has 1 saturated heterocycles. The van der Waals surface area contributed by atoms with E-state index in [0.29, 0.717) is 5.56 Å². The number of hydrogen-bond donors (Lipinski definition) is 3. The molecule has 0 spiro atoms. The third kappa shape index (κ3) is 2.99. The molecule has 0 bridgehead atoms. The molecule has 6 nitrogen and oxygen atoms in total. The summed E-state index contributed by atoms with van der Waals surface area (Å²) in [6.07, 6.45) is -5.72. The highest BCUT2D eigenvalue weighted by Crippen LogP contribution is 2.35. The first kappa shape index (κ1) is 14.9. The third-order valence-corrected chi connectivity index (χ3v) is 3.41. The van der Waals surface area contributed by atoms with E-state index in [0.717, 1.165) is 0 Å². The first-order valence-electron chi connectivity index (χ1n) is 6.36. The maximum absolute atomic E-state index is 11.1. The van der Waals surface area contributed by atoms with E-state index in [-0.39, 0.29) is 6.42 Å². The lowest BCUT2D eigenvalue weighted by Gasteiger charge is -2.20. The summed E-state index contributed by atoms with van der Waals surface area (Å²) in [5.41, 5.74) is 0.701. The Bertz CT molecular complexity index is 448. The number of carbonyl (C=O) groups is 1.